The molecule has 3 aromatic heterocycles. The van der Waals surface area contributed by atoms with Gasteiger partial charge in [0.25, 0.3) is 0 Å². The van der Waals surface area contributed by atoms with Crippen molar-refractivity contribution in [3.63, 3.8) is 0 Å². The van der Waals surface area contributed by atoms with Crippen molar-refractivity contribution in [2.75, 3.05) is 4.90 Å². The number of benzene rings is 11. The third kappa shape index (κ3) is 10.2. The van der Waals surface area contributed by atoms with Crippen molar-refractivity contribution >= 4 is 105 Å². The predicted molar refractivity (Wildman–Crippen MR) is 382 cm³/mol. The van der Waals surface area contributed by atoms with Crippen LogP contribution < -0.4 is 30.4 Å². The number of pyridine rings is 1. The Hall–Kier alpha value is -9.45. The Kier molecular flexibility index (Phi) is 14.8. The molecule has 0 saturated heterocycles. The molecule has 0 radical (unpaired) electrons. The number of hydrogen-bond donors (Lipinski definition) is 0. The van der Waals surface area contributed by atoms with Crippen LogP contribution in [0, 0.1) is 18.8 Å². The Labute approximate surface area is 549 Å². The minimum atomic E-state index is -3.01. The average Bonchev–Trinajstić information content (AvgIpc) is 1.73. The number of hydrogen-bond acceptors (Lipinski definition) is 3. The number of aromatic nitrogens is 3. The molecule has 0 amide bonds. The van der Waals surface area contributed by atoms with Crippen LogP contribution >= 0.6 is 0 Å². The average molecular weight is 1380 g/mol. The molecule has 0 bridgehead atoms. The van der Waals surface area contributed by atoms with E-state index in [1.807, 2.05) is 18.3 Å². The number of fused-ring (bicyclic) bond motifs is 10. The largest absolute Gasteiger partial charge is 0.509 e. The number of anilines is 2. The summed E-state index contributed by atoms with van der Waals surface area (Å²) in [5.41, 5.74) is 11.8. The molecular weight excluding hydrogens is 1300 g/mol. The Balaban J connectivity index is 0.00000721. The van der Waals surface area contributed by atoms with Gasteiger partial charge in [-0.15, -0.1) is 35.7 Å². The molecule has 0 unspecified atom stereocenters. The summed E-state index contributed by atoms with van der Waals surface area (Å²) in [5, 5.41) is 14.6. The van der Waals surface area contributed by atoms with Gasteiger partial charge in [-0.05, 0) is 144 Å². The van der Waals surface area contributed by atoms with E-state index in [9.17, 15) is 0 Å². The second-order valence-electron chi connectivity index (χ2n) is 27.3. The monoisotopic (exact) mass is 1370 g/mol. The molecule has 91 heavy (non-hydrogen) atoms. The van der Waals surface area contributed by atoms with Gasteiger partial charge >= 0.3 is 0 Å². The quantitative estimate of drug-likeness (QED) is 0.0821. The summed E-state index contributed by atoms with van der Waals surface area (Å²) >= 11 is 0. The minimum Gasteiger partial charge on any atom is -0.509 e. The zero-order chi connectivity index (χ0) is 61.7. The second kappa shape index (κ2) is 22.8. The molecule has 4 heterocycles. The van der Waals surface area contributed by atoms with Crippen molar-refractivity contribution in [2.45, 2.75) is 78.6 Å². The van der Waals surface area contributed by atoms with Gasteiger partial charge in [-0.3, -0.25) is 0 Å². The number of rotatable bonds is 9. The molecule has 1 aliphatic rings. The Morgan fingerprint density at radius 3 is 1.54 bits per heavy atom. The van der Waals surface area contributed by atoms with Crippen LogP contribution in [0.25, 0.3) is 82.1 Å². The van der Waals surface area contributed by atoms with Crippen LogP contribution in [0.15, 0.2) is 261 Å². The molecule has 0 saturated carbocycles. The van der Waals surface area contributed by atoms with Crippen LogP contribution in [-0.4, -0.2) is 22.2 Å². The van der Waals surface area contributed by atoms with E-state index in [0.29, 0.717) is 11.5 Å². The van der Waals surface area contributed by atoms with E-state index in [0.717, 1.165) is 77.3 Å². The van der Waals surface area contributed by atoms with E-state index < -0.39 is 8.07 Å². The van der Waals surface area contributed by atoms with E-state index in [-0.39, 0.29) is 37.3 Å². The number of ether oxygens (including phenoxy) is 1. The minimum absolute atomic E-state index is 0. The third-order valence-corrected chi connectivity index (χ3v) is 23.3. The van der Waals surface area contributed by atoms with Gasteiger partial charge in [-0.2, -0.15) is 12.1 Å². The molecule has 14 aromatic rings. The van der Waals surface area contributed by atoms with Gasteiger partial charge in [0.15, 0.2) is 8.07 Å². The predicted octanol–water partition coefficient (Wildman–Crippen LogP) is 19.2. The van der Waals surface area contributed by atoms with Crippen LogP contribution in [0.4, 0.5) is 11.4 Å². The van der Waals surface area contributed by atoms with Crippen molar-refractivity contribution in [3.05, 3.63) is 296 Å². The first-order valence-electron chi connectivity index (χ1n) is 31.4. The smallest absolute Gasteiger partial charge is 0.179 e. The molecule has 0 aliphatic carbocycles. The van der Waals surface area contributed by atoms with Crippen molar-refractivity contribution in [2.24, 2.45) is 0 Å². The first-order valence-corrected chi connectivity index (χ1v) is 33.4. The first kappa shape index (κ1) is 59.2. The topological polar surface area (TPSA) is 35.2 Å². The summed E-state index contributed by atoms with van der Waals surface area (Å²) in [4.78, 5) is 7.30. The first-order chi connectivity index (χ1) is 43.5. The van der Waals surface area contributed by atoms with Crippen molar-refractivity contribution in [1.29, 1.82) is 0 Å². The molecule has 0 fully saturated rings. The molecule has 7 heteroatoms. The molecular formula is C84H71N4OPtSi-3. The fourth-order valence-corrected chi connectivity index (χ4v) is 18.7. The van der Waals surface area contributed by atoms with Gasteiger partial charge in [0.05, 0.1) is 0 Å². The standard InChI is InChI=1S/C84H71N4OSi.Pt/c1-82(2,3)57-42-45-76-75(51-57)72-44-43-62(54-78(72)88(76)79-52-58(46-47-85-79)83(4,5)6)89-61-27-23-26-60(53-61)86-55-87-80-67(38-24-39-73(80)70-36-21-19-34-68(70)69-35-20-22-37-71(69)74-40-25-41-77(86)81(74)87)56-48-59(84(7,8)9)50-66(49-56)90(63-28-13-10-14-29-63,64-30-15-11-16-31-64)65-32-17-12-18-33-65;/h10-52,55H,1-9H3;/q-3;. The van der Waals surface area contributed by atoms with Gasteiger partial charge in [-0.25, -0.2) is 4.98 Å². The second-order valence-corrected chi connectivity index (χ2v) is 31.1. The maximum absolute atomic E-state index is 6.96. The van der Waals surface area contributed by atoms with E-state index in [4.69, 9.17) is 9.72 Å². The zero-order valence-electron chi connectivity index (χ0n) is 52.9. The summed E-state index contributed by atoms with van der Waals surface area (Å²) in [7, 11) is -3.01. The summed E-state index contributed by atoms with van der Waals surface area (Å²) in [6.45, 7) is 22.9. The number of para-hydroxylation sites is 2. The molecule has 0 N–H and O–H groups in total. The molecule has 450 valence electrons. The van der Waals surface area contributed by atoms with Crippen LogP contribution in [0.3, 0.4) is 0 Å². The van der Waals surface area contributed by atoms with Crippen LogP contribution in [0.5, 0.6) is 11.5 Å². The normalized spacial score (nSPS) is 12.6. The fourth-order valence-electron chi connectivity index (χ4n) is 13.9. The number of nitrogens with zero attached hydrogens (tertiary/aromatic N) is 4. The Morgan fingerprint density at radius 1 is 0.407 bits per heavy atom. The third-order valence-electron chi connectivity index (χ3n) is 18.5. The summed E-state index contributed by atoms with van der Waals surface area (Å²) in [6, 6.07) is 102. The van der Waals surface area contributed by atoms with Crippen molar-refractivity contribution < 1.29 is 25.8 Å². The summed E-state index contributed by atoms with van der Waals surface area (Å²) in [6.07, 6.45) is 1.93. The summed E-state index contributed by atoms with van der Waals surface area (Å²) < 4.78 is 11.7. The Morgan fingerprint density at radius 2 is 0.934 bits per heavy atom. The SMILES string of the molecule is CC(C)(C)c1cc(-c2cccc3c4ccccc4c4ccccc4c4cccc5c4n(c23)[CH-]N5c2[c-]c(Oc3[c-]c4c(cc3)c3cc(C(C)(C)C)ccc3n4-c3cc(C(C)(C)C)ccn3)ccc2)cc([Si](c2ccccc2)(c2ccccc2)c2ccccc2)c1.[Pt]. The van der Waals surface area contributed by atoms with E-state index in [1.54, 1.807) is 0 Å². The van der Waals surface area contributed by atoms with Gasteiger partial charge in [0, 0.05) is 50.0 Å². The van der Waals surface area contributed by atoms with Crippen molar-refractivity contribution in [3.8, 4) is 28.4 Å². The van der Waals surface area contributed by atoms with E-state index >= 15 is 0 Å². The molecule has 1 aliphatic heterocycles. The zero-order valence-corrected chi connectivity index (χ0v) is 56.2. The van der Waals surface area contributed by atoms with Gasteiger partial charge in [0.1, 0.15) is 5.82 Å². The molecule has 0 spiro atoms. The van der Waals surface area contributed by atoms with Crippen LogP contribution in [0.2, 0.25) is 0 Å². The van der Waals surface area contributed by atoms with Gasteiger partial charge in [0.2, 0.25) is 0 Å². The van der Waals surface area contributed by atoms with Crippen LogP contribution in [-0.2, 0) is 37.3 Å². The molecule has 11 aromatic carbocycles. The maximum atomic E-state index is 6.96. The summed E-state index contributed by atoms with van der Waals surface area (Å²) in [5.74, 6) is 2.01. The fraction of sp³-hybridized carbons (Fsp3) is 0.143. The molecule has 5 nitrogen and oxygen atoms in total. The van der Waals surface area contributed by atoms with E-state index in [2.05, 4.69) is 338 Å². The maximum Gasteiger partial charge on any atom is 0.179 e. The van der Waals surface area contributed by atoms with Gasteiger partial charge in [-0.1, -0.05) is 274 Å². The molecule has 15 rings (SSSR count). The van der Waals surface area contributed by atoms with E-state index in [1.165, 1.54) is 53.6 Å². The Bertz CT molecular complexity index is 5110. The van der Waals surface area contributed by atoms with Gasteiger partial charge < -0.3 is 18.8 Å². The van der Waals surface area contributed by atoms with Crippen LogP contribution in [0.1, 0.15) is 79.0 Å². The molecule has 0 atom stereocenters. The van der Waals surface area contributed by atoms with Crippen molar-refractivity contribution in [1.82, 2.24) is 14.1 Å².